The fourth-order valence-electron chi connectivity index (χ4n) is 1.77. The zero-order valence-corrected chi connectivity index (χ0v) is 11.6. The van der Waals surface area contributed by atoms with Crippen LogP contribution in [-0.2, 0) is 19.4 Å². The maximum Gasteiger partial charge on any atom is 0.0999 e. The van der Waals surface area contributed by atoms with Gasteiger partial charge in [-0.15, -0.1) is 5.10 Å². The van der Waals surface area contributed by atoms with Crippen molar-refractivity contribution in [2.75, 3.05) is 0 Å². The predicted octanol–water partition coefficient (Wildman–Crippen LogP) is 1.70. The van der Waals surface area contributed by atoms with Crippen LogP contribution >= 0.6 is 0 Å². The van der Waals surface area contributed by atoms with Crippen molar-refractivity contribution < 1.29 is 5.11 Å². The number of aromatic nitrogens is 3. The highest BCUT2D eigenvalue weighted by molar-refractivity contribution is 5.14. The number of nitriles is 1. The fourth-order valence-corrected chi connectivity index (χ4v) is 1.77. The van der Waals surface area contributed by atoms with Crippen LogP contribution in [-0.4, -0.2) is 25.7 Å². The highest BCUT2D eigenvalue weighted by Gasteiger charge is 2.19. The van der Waals surface area contributed by atoms with Crippen LogP contribution in [0.2, 0.25) is 0 Å². The summed E-state index contributed by atoms with van der Waals surface area (Å²) in [6.45, 7) is 8.21. The van der Waals surface area contributed by atoms with E-state index in [4.69, 9.17) is 5.26 Å². The predicted molar refractivity (Wildman–Crippen MR) is 68.8 cm³/mol. The average molecular weight is 250 g/mol. The lowest BCUT2D eigenvalue weighted by Crippen LogP contribution is -2.28. The van der Waals surface area contributed by atoms with E-state index in [1.807, 2.05) is 0 Å². The van der Waals surface area contributed by atoms with Gasteiger partial charge in [0.05, 0.1) is 36.0 Å². The zero-order chi connectivity index (χ0) is 13.8. The van der Waals surface area contributed by atoms with E-state index >= 15 is 0 Å². The minimum absolute atomic E-state index is 0.277. The van der Waals surface area contributed by atoms with Gasteiger partial charge in [-0.3, -0.25) is 0 Å². The lowest BCUT2D eigenvalue weighted by Gasteiger charge is -2.18. The Morgan fingerprint density at radius 2 is 2.11 bits per heavy atom. The monoisotopic (exact) mass is 250 g/mol. The van der Waals surface area contributed by atoms with Crippen molar-refractivity contribution in [1.29, 1.82) is 5.26 Å². The van der Waals surface area contributed by atoms with Crippen LogP contribution in [0.5, 0.6) is 0 Å². The van der Waals surface area contributed by atoms with Gasteiger partial charge < -0.3 is 5.11 Å². The molecule has 0 spiro atoms. The van der Waals surface area contributed by atoms with Crippen LogP contribution in [0, 0.1) is 17.2 Å². The Balaban J connectivity index is 2.92. The van der Waals surface area contributed by atoms with Crippen LogP contribution in [0.15, 0.2) is 0 Å². The molecule has 0 amide bonds. The van der Waals surface area contributed by atoms with E-state index in [0.29, 0.717) is 12.5 Å². The van der Waals surface area contributed by atoms with E-state index in [-0.39, 0.29) is 6.42 Å². The van der Waals surface area contributed by atoms with Gasteiger partial charge in [0.1, 0.15) is 0 Å². The molecule has 5 heteroatoms. The molecule has 0 bridgehead atoms. The summed E-state index contributed by atoms with van der Waals surface area (Å²) in [4.78, 5) is 0. The average Bonchev–Trinajstić information content (AvgIpc) is 2.56. The summed E-state index contributed by atoms with van der Waals surface area (Å²) in [5.41, 5.74) is 0.888. The largest absolute Gasteiger partial charge is 0.389 e. The van der Waals surface area contributed by atoms with E-state index in [2.05, 4.69) is 30.2 Å². The molecule has 18 heavy (non-hydrogen) atoms. The Hall–Kier alpha value is -1.41. The SMILES string of the molecule is CC(C)CCc1c(CC#N)nnn1CC(C)(C)O. The standard InChI is InChI=1S/C13H22N4O/c1-10(2)5-6-12-11(7-8-14)15-16-17(12)9-13(3,4)18/h10,18H,5-7,9H2,1-4H3. The van der Waals surface area contributed by atoms with Gasteiger partial charge in [-0.2, -0.15) is 5.26 Å². The van der Waals surface area contributed by atoms with Gasteiger partial charge >= 0.3 is 0 Å². The molecule has 0 aromatic carbocycles. The van der Waals surface area contributed by atoms with Crippen LogP contribution < -0.4 is 0 Å². The first-order valence-electron chi connectivity index (χ1n) is 6.34. The van der Waals surface area contributed by atoms with Gasteiger partial charge in [-0.1, -0.05) is 19.1 Å². The van der Waals surface area contributed by atoms with Crippen molar-refractivity contribution in [3.8, 4) is 6.07 Å². The molecule has 0 aliphatic rings. The maximum atomic E-state index is 9.86. The molecule has 1 heterocycles. The van der Waals surface area contributed by atoms with Crippen molar-refractivity contribution in [2.45, 2.75) is 59.1 Å². The van der Waals surface area contributed by atoms with Crippen molar-refractivity contribution in [2.24, 2.45) is 5.92 Å². The first kappa shape index (κ1) is 14.7. The Morgan fingerprint density at radius 1 is 1.44 bits per heavy atom. The third-order valence-electron chi connectivity index (χ3n) is 2.66. The normalized spacial score (nSPS) is 11.8. The van der Waals surface area contributed by atoms with E-state index in [9.17, 15) is 5.11 Å². The molecule has 0 radical (unpaired) electrons. The highest BCUT2D eigenvalue weighted by atomic mass is 16.3. The molecular formula is C13H22N4O. The van der Waals surface area contributed by atoms with Gasteiger partial charge in [0.25, 0.3) is 0 Å². The summed E-state index contributed by atoms with van der Waals surface area (Å²) >= 11 is 0. The van der Waals surface area contributed by atoms with Gasteiger partial charge in [0.2, 0.25) is 0 Å². The van der Waals surface area contributed by atoms with Gasteiger partial charge in [-0.25, -0.2) is 4.68 Å². The molecule has 0 saturated carbocycles. The molecule has 1 rings (SSSR count). The lowest BCUT2D eigenvalue weighted by atomic mass is 10.0. The summed E-state index contributed by atoms with van der Waals surface area (Å²) in [5.74, 6) is 0.588. The molecule has 1 aromatic heterocycles. The van der Waals surface area contributed by atoms with E-state index in [0.717, 1.165) is 24.2 Å². The highest BCUT2D eigenvalue weighted by Crippen LogP contribution is 2.15. The summed E-state index contributed by atoms with van der Waals surface area (Å²) < 4.78 is 1.73. The molecule has 0 aliphatic heterocycles. The summed E-state index contributed by atoms with van der Waals surface area (Å²) in [6, 6.07) is 2.11. The molecule has 0 saturated heterocycles. The maximum absolute atomic E-state index is 9.86. The number of hydrogen-bond donors (Lipinski definition) is 1. The van der Waals surface area contributed by atoms with E-state index in [1.54, 1.807) is 18.5 Å². The minimum Gasteiger partial charge on any atom is -0.389 e. The number of nitrogens with zero attached hydrogens (tertiary/aromatic N) is 4. The second-order valence-electron chi connectivity index (χ2n) is 5.72. The first-order chi connectivity index (χ1) is 8.33. The summed E-state index contributed by atoms with van der Waals surface area (Å²) in [7, 11) is 0. The molecule has 0 unspecified atom stereocenters. The fraction of sp³-hybridized carbons (Fsp3) is 0.769. The van der Waals surface area contributed by atoms with Crippen LogP contribution in [0.25, 0.3) is 0 Å². The Kier molecular flexibility index (Phi) is 4.85. The molecule has 0 fully saturated rings. The van der Waals surface area contributed by atoms with Crippen molar-refractivity contribution in [3.63, 3.8) is 0 Å². The second kappa shape index (κ2) is 5.96. The zero-order valence-electron chi connectivity index (χ0n) is 11.6. The van der Waals surface area contributed by atoms with Gasteiger partial charge in [-0.05, 0) is 32.6 Å². The van der Waals surface area contributed by atoms with Gasteiger partial charge in [0.15, 0.2) is 0 Å². The van der Waals surface area contributed by atoms with Crippen molar-refractivity contribution >= 4 is 0 Å². The van der Waals surface area contributed by atoms with Gasteiger partial charge in [0, 0.05) is 0 Å². The topological polar surface area (TPSA) is 74.7 Å². The molecule has 1 aromatic rings. The van der Waals surface area contributed by atoms with Crippen molar-refractivity contribution in [1.82, 2.24) is 15.0 Å². The van der Waals surface area contributed by atoms with Crippen LogP contribution in [0.3, 0.4) is 0 Å². The third kappa shape index (κ3) is 4.46. The number of hydrogen-bond acceptors (Lipinski definition) is 4. The second-order valence-corrected chi connectivity index (χ2v) is 5.72. The smallest absolute Gasteiger partial charge is 0.0999 e. The Morgan fingerprint density at radius 3 is 2.61 bits per heavy atom. The molecular weight excluding hydrogens is 228 g/mol. The Labute approximate surface area is 108 Å². The molecule has 0 aliphatic carbocycles. The Bertz CT molecular complexity index is 423. The number of aliphatic hydroxyl groups is 1. The van der Waals surface area contributed by atoms with E-state index in [1.165, 1.54) is 0 Å². The molecule has 100 valence electrons. The van der Waals surface area contributed by atoms with Crippen LogP contribution in [0.4, 0.5) is 0 Å². The quantitative estimate of drug-likeness (QED) is 0.834. The van der Waals surface area contributed by atoms with Crippen molar-refractivity contribution in [3.05, 3.63) is 11.4 Å². The first-order valence-corrected chi connectivity index (χ1v) is 6.34. The lowest BCUT2D eigenvalue weighted by molar-refractivity contribution is 0.0561. The number of rotatable bonds is 6. The van der Waals surface area contributed by atoms with Crippen LogP contribution in [0.1, 0.15) is 45.5 Å². The van der Waals surface area contributed by atoms with E-state index < -0.39 is 5.60 Å². The minimum atomic E-state index is -0.829. The summed E-state index contributed by atoms with van der Waals surface area (Å²) in [6.07, 6.45) is 2.15. The third-order valence-corrected chi connectivity index (χ3v) is 2.66. The molecule has 5 nitrogen and oxygen atoms in total. The summed E-state index contributed by atoms with van der Waals surface area (Å²) in [5, 5.41) is 26.7. The molecule has 0 atom stereocenters. The molecule has 1 N–H and O–H groups in total.